The summed E-state index contributed by atoms with van der Waals surface area (Å²) in [6, 6.07) is 9.36. The molecule has 26 heavy (non-hydrogen) atoms. The molecule has 1 saturated heterocycles. The standard InChI is InChI=1S/C18H18FNO5S/c19-17-6-2-1-5-16(17)12-8-13(18(21)22)10-15(9-12)26(23,24)20-11-14-4-3-7-25-14/h1-2,5-6,8-10,14,20H,3-4,7,11H2,(H,21,22)/t14-/m1/s1. The predicted octanol–water partition coefficient (Wildman–Crippen LogP) is 2.65. The Hall–Kier alpha value is -2.29. The highest BCUT2D eigenvalue weighted by molar-refractivity contribution is 7.89. The monoisotopic (exact) mass is 379 g/mol. The predicted molar refractivity (Wildman–Crippen MR) is 93.0 cm³/mol. The second-order valence-corrected chi connectivity index (χ2v) is 7.78. The molecule has 2 aromatic carbocycles. The maximum atomic E-state index is 14.1. The van der Waals surface area contributed by atoms with Crippen molar-refractivity contribution in [2.75, 3.05) is 13.2 Å². The van der Waals surface area contributed by atoms with Gasteiger partial charge in [-0.15, -0.1) is 0 Å². The van der Waals surface area contributed by atoms with Crippen LogP contribution in [-0.2, 0) is 14.8 Å². The lowest BCUT2D eigenvalue weighted by atomic mass is 10.0. The van der Waals surface area contributed by atoms with Gasteiger partial charge in [0.2, 0.25) is 10.0 Å². The van der Waals surface area contributed by atoms with Gasteiger partial charge in [-0.05, 0) is 42.7 Å². The van der Waals surface area contributed by atoms with Gasteiger partial charge in [-0.1, -0.05) is 18.2 Å². The lowest BCUT2D eigenvalue weighted by Gasteiger charge is -2.13. The van der Waals surface area contributed by atoms with E-state index in [-0.39, 0.29) is 34.2 Å². The van der Waals surface area contributed by atoms with Gasteiger partial charge in [-0.3, -0.25) is 0 Å². The first-order chi connectivity index (χ1) is 12.4. The zero-order valence-corrected chi connectivity index (χ0v) is 14.6. The van der Waals surface area contributed by atoms with E-state index in [1.54, 1.807) is 6.07 Å². The highest BCUT2D eigenvalue weighted by Crippen LogP contribution is 2.27. The number of ether oxygens (including phenoxy) is 1. The molecule has 138 valence electrons. The number of benzene rings is 2. The van der Waals surface area contributed by atoms with Crippen molar-refractivity contribution >= 4 is 16.0 Å². The van der Waals surface area contributed by atoms with Crippen molar-refractivity contribution < 1.29 is 27.4 Å². The molecule has 0 bridgehead atoms. The number of nitrogens with one attached hydrogen (secondary N) is 1. The fourth-order valence-electron chi connectivity index (χ4n) is 2.82. The lowest BCUT2D eigenvalue weighted by molar-refractivity contribution is 0.0696. The molecule has 1 atom stereocenters. The molecule has 1 aliphatic heterocycles. The highest BCUT2D eigenvalue weighted by Gasteiger charge is 2.22. The number of aromatic carboxylic acids is 1. The summed E-state index contributed by atoms with van der Waals surface area (Å²) in [5.74, 6) is -1.86. The Labute approximate surface area is 150 Å². The van der Waals surface area contributed by atoms with E-state index in [0.29, 0.717) is 6.61 Å². The Bertz CT molecular complexity index is 923. The van der Waals surface area contributed by atoms with Crippen LogP contribution in [0.3, 0.4) is 0 Å². The number of carboxylic acids is 1. The van der Waals surface area contributed by atoms with Crippen LogP contribution in [0.25, 0.3) is 11.1 Å². The summed E-state index contributed by atoms with van der Waals surface area (Å²) in [4.78, 5) is 11.2. The van der Waals surface area contributed by atoms with Crippen LogP contribution < -0.4 is 4.72 Å². The fourth-order valence-corrected chi connectivity index (χ4v) is 3.96. The van der Waals surface area contributed by atoms with Crippen molar-refractivity contribution in [3.05, 3.63) is 53.8 Å². The van der Waals surface area contributed by atoms with Crippen molar-refractivity contribution in [2.24, 2.45) is 0 Å². The summed E-state index contributed by atoms with van der Waals surface area (Å²) < 4.78 is 47.0. The van der Waals surface area contributed by atoms with Crippen LogP contribution in [-0.4, -0.2) is 38.7 Å². The normalized spacial score (nSPS) is 17.3. The van der Waals surface area contributed by atoms with Gasteiger partial charge in [0, 0.05) is 18.7 Å². The van der Waals surface area contributed by atoms with E-state index >= 15 is 0 Å². The molecule has 0 aromatic heterocycles. The van der Waals surface area contributed by atoms with E-state index in [1.807, 2.05) is 0 Å². The smallest absolute Gasteiger partial charge is 0.335 e. The minimum absolute atomic E-state index is 0.106. The number of rotatable bonds is 6. The van der Waals surface area contributed by atoms with Crippen molar-refractivity contribution in [2.45, 2.75) is 23.8 Å². The Kier molecular flexibility index (Phi) is 5.36. The van der Waals surface area contributed by atoms with Crippen LogP contribution >= 0.6 is 0 Å². The summed E-state index contributed by atoms with van der Waals surface area (Å²) in [6.45, 7) is 0.701. The molecule has 0 aliphatic carbocycles. The third-order valence-corrected chi connectivity index (χ3v) is 5.58. The molecule has 2 aromatic rings. The van der Waals surface area contributed by atoms with Crippen molar-refractivity contribution in [1.29, 1.82) is 0 Å². The number of hydrogen-bond acceptors (Lipinski definition) is 4. The first-order valence-electron chi connectivity index (χ1n) is 8.11. The van der Waals surface area contributed by atoms with Gasteiger partial charge in [0.05, 0.1) is 16.6 Å². The van der Waals surface area contributed by atoms with E-state index in [1.165, 1.54) is 30.3 Å². The summed E-state index contributed by atoms with van der Waals surface area (Å²) in [7, 11) is -3.96. The van der Waals surface area contributed by atoms with Gasteiger partial charge in [0.1, 0.15) is 5.82 Å². The van der Waals surface area contributed by atoms with E-state index in [2.05, 4.69) is 4.72 Å². The van der Waals surface area contributed by atoms with Crippen molar-refractivity contribution in [1.82, 2.24) is 4.72 Å². The van der Waals surface area contributed by atoms with Gasteiger partial charge in [-0.2, -0.15) is 0 Å². The highest BCUT2D eigenvalue weighted by atomic mass is 32.2. The molecule has 0 spiro atoms. The average Bonchev–Trinajstić information content (AvgIpc) is 3.14. The van der Waals surface area contributed by atoms with Crippen LogP contribution in [0.4, 0.5) is 4.39 Å². The summed E-state index contributed by atoms with van der Waals surface area (Å²) in [5.41, 5.74) is 0.0786. The minimum atomic E-state index is -3.96. The van der Waals surface area contributed by atoms with E-state index in [4.69, 9.17) is 4.74 Å². The molecular formula is C18H18FNO5S. The first-order valence-corrected chi connectivity index (χ1v) is 9.60. The molecule has 8 heteroatoms. The Morgan fingerprint density at radius 2 is 2.04 bits per heavy atom. The fraction of sp³-hybridized carbons (Fsp3) is 0.278. The minimum Gasteiger partial charge on any atom is -0.478 e. The molecule has 0 amide bonds. The molecule has 6 nitrogen and oxygen atoms in total. The van der Waals surface area contributed by atoms with Crippen LogP contribution in [0.2, 0.25) is 0 Å². The molecule has 0 radical (unpaired) electrons. The van der Waals surface area contributed by atoms with Gasteiger partial charge >= 0.3 is 5.97 Å². The van der Waals surface area contributed by atoms with Crippen LogP contribution in [0.15, 0.2) is 47.4 Å². The number of hydrogen-bond donors (Lipinski definition) is 2. The number of halogens is 1. The van der Waals surface area contributed by atoms with Gasteiger partial charge in [0.15, 0.2) is 0 Å². The van der Waals surface area contributed by atoms with Gasteiger partial charge in [-0.25, -0.2) is 22.3 Å². The Balaban J connectivity index is 1.97. The van der Waals surface area contributed by atoms with E-state index in [0.717, 1.165) is 18.9 Å². The molecule has 1 fully saturated rings. The van der Waals surface area contributed by atoms with Crippen LogP contribution in [0.1, 0.15) is 23.2 Å². The zero-order valence-electron chi connectivity index (χ0n) is 13.8. The number of carboxylic acid groups (broad SMARTS) is 1. The third kappa shape index (κ3) is 4.09. The quantitative estimate of drug-likeness (QED) is 0.805. The Morgan fingerprint density at radius 1 is 1.27 bits per heavy atom. The van der Waals surface area contributed by atoms with E-state index in [9.17, 15) is 22.7 Å². The lowest BCUT2D eigenvalue weighted by Crippen LogP contribution is -2.32. The van der Waals surface area contributed by atoms with Crippen LogP contribution in [0.5, 0.6) is 0 Å². The topological polar surface area (TPSA) is 92.7 Å². The third-order valence-electron chi connectivity index (χ3n) is 4.17. The SMILES string of the molecule is O=C(O)c1cc(-c2ccccc2F)cc(S(=O)(=O)NC[C@H]2CCCO2)c1. The maximum absolute atomic E-state index is 14.1. The van der Waals surface area contributed by atoms with Gasteiger partial charge in [0.25, 0.3) is 0 Å². The maximum Gasteiger partial charge on any atom is 0.335 e. The molecule has 2 N–H and O–H groups in total. The average molecular weight is 379 g/mol. The number of carbonyl (C=O) groups is 1. The Morgan fingerprint density at radius 3 is 2.69 bits per heavy atom. The molecule has 0 saturated carbocycles. The van der Waals surface area contributed by atoms with Gasteiger partial charge < -0.3 is 9.84 Å². The summed E-state index contributed by atoms with van der Waals surface area (Å²) >= 11 is 0. The summed E-state index contributed by atoms with van der Waals surface area (Å²) in [5, 5.41) is 9.29. The second kappa shape index (κ2) is 7.53. The summed E-state index contributed by atoms with van der Waals surface area (Å²) in [6.07, 6.45) is 1.44. The number of sulfonamides is 1. The largest absolute Gasteiger partial charge is 0.478 e. The molecular weight excluding hydrogens is 361 g/mol. The van der Waals surface area contributed by atoms with E-state index < -0.39 is 21.8 Å². The zero-order chi connectivity index (χ0) is 18.7. The van der Waals surface area contributed by atoms with Crippen molar-refractivity contribution in [3.63, 3.8) is 0 Å². The molecule has 1 heterocycles. The molecule has 0 unspecified atom stereocenters. The first kappa shape index (κ1) is 18.5. The van der Waals surface area contributed by atoms with Crippen molar-refractivity contribution in [3.8, 4) is 11.1 Å². The second-order valence-electron chi connectivity index (χ2n) is 6.02. The van der Waals surface area contributed by atoms with Crippen LogP contribution in [0, 0.1) is 5.82 Å². The molecule has 3 rings (SSSR count). The molecule has 1 aliphatic rings.